The van der Waals surface area contributed by atoms with Crippen molar-refractivity contribution >= 4 is 28.1 Å². The third-order valence-corrected chi connectivity index (χ3v) is 3.70. The highest BCUT2D eigenvalue weighted by molar-refractivity contribution is 6.35. The Morgan fingerprint density at radius 2 is 2.33 bits per heavy atom. The summed E-state index contributed by atoms with van der Waals surface area (Å²) in [5, 5.41) is 9.32. The van der Waals surface area contributed by atoms with Crippen LogP contribution in [0, 0.1) is 0 Å². The zero-order valence-corrected chi connectivity index (χ0v) is 11.2. The topological polar surface area (TPSA) is 31.9 Å². The second kappa shape index (κ2) is 4.75. The standard InChI is InChI=1S/C14H16ClN3/c1-2-7-18-8-6-10(9-18)13-11-4-3-5-12(15)14(11)17-16-13/h3-6H,2,7-9H2,1H3,(H,16,17). The number of benzene rings is 1. The zero-order valence-electron chi connectivity index (χ0n) is 10.4. The number of aromatic amines is 1. The molecule has 18 heavy (non-hydrogen) atoms. The number of nitrogens with one attached hydrogen (secondary N) is 1. The summed E-state index contributed by atoms with van der Waals surface area (Å²) in [4.78, 5) is 2.43. The van der Waals surface area contributed by atoms with Gasteiger partial charge in [-0.3, -0.25) is 10.00 Å². The van der Waals surface area contributed by atoms with Crippen LogP contribution in [0.2, 0.25) is 5.02 Å². The van der Waals surface area contributed by atoms with Crippen molar-refractivity contribution in [3.05, 3.63) is 35.0 Å². The van der Waals surface area contributed by atoms with Gasteiger partial charge in [0.25, 0.3) is 0 Å². The van der Waals surface area contributed by atoms with Crippen LogP contribution in [0.4, 0.5) is 0 Å². The van der Waals surface area contributed by atoms with Crippen molar-refractivity contribution in [2.75, 3.05) is 19.6 Å². The highest BCUT2D eigenvalue weighted by Gasteiger charge is 2.19. The van der Waals surface area contributed by atoms with E-state index < -0.39 is 0 Å². The number of aromatic nitrogens is 2. The maximum absolute atomic E-state index is 6.15. The average Bonchev–Trinajstić information content (AvgIpc) is 2.96. The lowest BCUT2D eigenvalue weighted by molar-refractivity contribution is 0.356. The third-order valence-electron chi connectivity index (χ3n) is 3.38. The van der Waals surface area contributed by atoms with E-state index in [0.717, 1.165) is 41.3 Å². The van der Waals surface area contributed by atoms with Gasteiger partial charge >= 0.3 is 0 Å². The van der Waals surface area contributed by atoms with Gasteiger partial charge in [0, 0.05) is 18.5 Å². The number of halogens is 1. The maximum atomic E-state index is 6.15. The Hall–Kier alpha value is -1.32. The SMILES string of the molecule is CCCN1CC=C(c2n[nH]c3c(Cl)cccc23)C1. The molecular formula is C14H16ClN3. The van der Waals surface area contributed by atoms with Crippen LogP contribution in [0.15, 0.2) is 24.3 Å². The second-order valence-electron chi connectivity index (χ2n) is 4.70. The normalized spacial score (nSPS) is 16.4. The van der Waals surface area contributed by atoms with E-state index in [-0.39, 0.29) is 0 Å². The van der Waals surface area contributed by atoms with Gasteiger partial charge in [-0.25, -0.2) is 0 Å². The van der Waals surface area contributed by atoms with Crippen molar-refractivity contribution in [1.82, 2.24) is 15.1 Å². The fourth-order valence-corrected chi connectivity index (χ4v) is 2.74. The fraction of sp³-hybridized carbons (Fsp3) is 0.357. The summed E-state index contributed by atoms with van der Waals surface area (Å²) in [6.45, 7) is 5.36. The number of H-pyrrole nitrogens is 1. The van der Waals surface area contributed by atoms with Crippen molar-refractivity contribution in [3.63, 3.8) is 0 Å². The number of rotatable bonds is 3. The summed E-state index contributed by atoms with van der Waals surface area (Å²) in [5.41, 5.74) is 3.28. The highest BCUT2D eigenvalue weighted by atomic mass is 35.5. The fourth-order valence-electron chi connectivity index (χ4n) is 2.52. The average molecular weight is 262 g/mol. The Labute approximate surface area is 111 Å². The molecule has 3 rings (SSSR count). The van der Waals surface area contributed by atoms with Crippen LogP contribution in [0.3, 0.4) is 0 Å². The highest BCUT2D eigenvalue weighted by Crippen LogP contribution is 2.29. The summed E-state index contributed by atoms with van der Waals surface area (Å²) in [6, 6.07) is 5.94. The van der Waals surface area contributed by atoms with Crippen LogP contribution in [-0.4, -0.2) is 34.7 Å². The molecule has 4 heteroatoms. The molecule has 0 spiro atoms. The van der Waals surface area contributed by atoms with E-state index in [9.17, 15) is 0 Å². The number of hydrogen-bond donors (Lipinski definition) is 1. The molecule has 1 aliphatic rings. The molecule has 0 saturated heterocycles. The molecule has 0 saturated carbocycles. The quantitative estimate of drug-likeness (QED) is 0.919. The van der Waals surface area contributed by atoms with Crippen molar-refractivity contribution in [3.8, 4) is 0 Å². The molecule has 1 N–H and O–H groups in total. The number of hydrogen-bond acceptors (Lipinski definition) is 2. The first-order valence-electron chi connectivity index (χ1n) is 6.34. The van der Waals surface area contributed by atoms with Gasteiger partial charge in [-0.2, -0.15) is 5.10 Å². The minimum Gasteiger partial charge on any atom is -0.295 e. The maximum Gasteiger partial charge on any atom is 0.0970 e. The number of para-hydroxylation sites is 1. The molecule has 0 unspecified atom stereocenters. The van der Waals surface area contributed by atoms with Crippen LogP contribution in [-0.2, 0) is 0 Å². The molecule has 94 valence electrons. The van der Waals surface area contributed by atoms with E-state index >= 15 is 0 Å². The van der Waals surface area contributed by atoms with Gasteiger partial charge in [-0.1, -0.05) is 36.7 Å². The van der Waals surface area contributed by atoms with Crippen LogP contribution < -0.4 is 0 Å². The van der Waals surface area contributed by atoms with Crippen molar-refractivity contribution in [1.29, 1.82) is 0 Å². The smallest absolute Gasteiger partial charge is 0.0970 e. The minimum atomic E-state index is 0.732. The van der Waals surface area contributed by atoms with E-state index in [2.05, 4.69) is 34.2 Å². The van der Waals surface area contributed by atoms with E-state index in [0.29, 0.717) is 0 Å². The molecule has 0 fully saturated rings. The Morgan fingerprint density at radius 3 is 3.17 bits per heavy atom. The van der Waals surface area contributed by atoms with Crippen LogP contribution in [0.1, 0.15) is 19.0 Å². The van der Waals surface area contributed by atoms with Gasteiger partial charge in [0.15, 0.2) is 0 Å². The molecular weight excluding hydrogens is 246 g/mol. The zero-order chi connectivity index (χ0) is 12.5. The van der Waals surface area contributed by atoms with Gasteiger partial charge in [-0.05, 0) is 24.6 Å². The van der Waals surface area contributed by atoms with E-state index in [1.54, 1.807) is 0 Å². The lowest BCUT2D eigenvalue weighted by atomic mass is 10.1. The Kier molecular flexibility index (Phi) is 3.10. The largest absolute Gasteiger partial charge is 0.295 e. The number of fused-ring (bicyclic) bond motifs is 1. The first-order valence-corrected chi connectivity index (χ1v) is 6.71. The molecule has 0 atom stereocenters. The molecule has 0 bridgehead atoms. The van der Waals surface area contributed by atoms with Crippen molar-refractivity contribution < 1.29 is 0 Å². The first kappa shape index (κ1) is 11.8. The molecule has 0 radical (unpaired) electrons. The van der Waals surface area contributed by atoms with Gasteiger partial charge < -0.3 is 0 Å². The first-order chi connectivity index (χ1) is 8.79. The van der Waals surface area contributed by atoms with Gasteiger partial charge in [0.2, 0.25) is 0 Å². The van der Waals surface area contributed by atoms with Gasteiger partial charge in [-0.15, -0.1) is 0 Å². The van der Waals surface area contributed by atoms with Crippen LogP contribution in [0.25, 0.3) is 16.5 Å². The predicted molar refractivity (Wildman–Crippen MR) is 75.8 cm³/mol. The molecule has 3 nitrogen and oxygen atoms in total. The summed E-state index contributed by atoms with van der Waals surface area (Å²) in [6.07, 6.45) is 3.46. The summed E-state index contributed by atoms with van der Waals surface area (Å²) < 4.78 is 0. The van der Waals surface area contributed by atoms with Gasteiger partial charge in [0.05, 0.1) is 16.2 Å². The molecule has 2 heterocycles. The summed E-state index contributed by atoms with van der Waals surface area (Å²) >= 11 is 6.15. The number of nitrogens with zero attached hydrogens (tertiary/aromatic N) is 2. The summed E-state index contributed by atoms with van der Waals surface area (Å²) in [5.74, 6) is 0. The Balaban J connectivity index is 1.94. The van der Waals surface area contributed by atoms with E-state index in [4.69, 9.17) is 11.6 Å². The molecule has 2 aromatic rings. The van der Waals surface area contributed by atoms with E-state index in [1.165, 1.54) is 12.0 Å². The summed E-state index contributed by atoms with van der Waals surface area (Å²) in [7, 11) is 0. The molecule has 1 aliphatic heterocycles. The Bertz CT molecular complexity index is 600. The lowest BCUT2D eigenvalue weighted by Gasteiger charge is -2.13. The predicted octanol–water partition coefficient (Wildman–Crippen LogP) is 3.33. The van der Waals surface area contributed by atoms with Crippen molar-refractivity contribution in [2.24, 2.45) is 0 Å². The van der Waals surface area contributed by atoms with E-state index in [1.807, 2.05) is 12.1 Å². The monoisotopic (exact) mass is 261 g/mol. The van der Waals surface area contributed by atoms with Crippen LogP contribution >= 0.6 is 11.6 Å². The third kappa shape index (κ3) is 1.93. The lowest BCUT2D eigenvalue weighted by Crippen LogP contribution is -2.21. The second-order valence-corrected chi connectivity index (χ2v) is 5.11. The molecule has 0 aliphatic carbocycles. The molecule has 1 aromatic heterocycles. The van der Waals surface area contributed by atoms with Gasteiger partial charge in [0.1, 0.15) is 0 Å². The molecule has 1 aromatic carbocycles. The van der Waals surface area contributed by atoms with Crippen LogP contribution in [0.5, 0.6) is 0 Å². The van der Waals surface area contributed by atoms with Crippen molar-refractivity contribution in [2.45, 2.75) is 13.3 Å². The Morgan fingerprint density at radius 1 is 1.44 bits per heavy atom. The molecule has 0 amide bonds. The minimum absolute atomic E-state index is 0.732.